The summed E-state index contributed by atoms with van der Waals surface area (Å²) < 4.78 is 15.2. The topological polar surface area (TPSA) is 12.0 Å². The van der Waals surface area contributed by atoms with E-state index in [1.807, 2.05) is 32.1 Å². The first-order valence-electron chi connectivity index (χ1n) is 14.0. The van der Waals surface area contributed by atoms with Crippen LogP contribution in [0.4, 0.5) is 4.39 Å². The molecule has 1 nitrogen and oxygen atoms in total. The highest BCUT2D eigenvalue weighted by Gasteiger charge is 2.20. The van der Waals surface area contributed by atoms with Crippen LogP contribution < -0.4 is 5.32 Å². The molecule has 1 atom stereocenters. The largest absolute Gasteiger partial charge is 0.360 e. The van der Waals surface area contributed by atoms with E-state index in [1.165, 1.54) is 11.1 Å². The van der Waals surface area contributed by atoms with Crippen molar-refractivity contribution in [1.82, 2.24) is 5.32 Å². The SMILES string of the molecule is C=C(/C=C/C(/C=C\C(=C)NC(=C)CCC(CCc1ccc(C)cc1)c1c(F)cccc1C(=C)C)=C/C)CCC. The summed E-state index contributed by atoms with van der Waals surface area (Å²) in [7, 11) is 0. The van der Waals surface area contributed by atoms with Crippen LogP contribution in [0.15, 0.2) is 122 Å². The maximum atomic E-state index is 15.2. The van der Waals surface area contributed by atoms with E-state index in [9.17, 15) is 0 Å². The molecule has 0 aliphatic heterocycles. The van der Waals surface area contributed by atoms with Gasteiger partial charge in [-0.15, -0.1) is 0 Å². The average molecular weight is 524 g/mol. The molecule has 0 aliphatic rings. The second-order valence-electron chi connectivity index (χ2n) is 10.4. The van der Waals surface area contributed by atoms with Crippen molar-refractivity contribution < 1.29 is 4.39 Å². The number of hydrogen-bond acceptors (Lipinski definition) is 1. The Morgan fingerprint density at radius 3 is 2.26 bits per heavy atom. The van der Waals surface area contributed by atoms with Gasteiger partial charge < -0.3 is 5.32 Å². The van der Waals surface area contributed by atoms with Gasteiger partial charge in [0.25, 0.3) is 0 Å². The Bertz CT molecular complexity index is 1240. The summed E-state index contributed by atoms with van der Waals surface area (Å²) in [5, 5.41) is 3.33. The lowest BCUT2D eigenvalue weighted by molar-refractivity contribution is 0.523. The lowest BCUT2D eigenvalue weighted by Crippen LogP contribution is -2.12. The Balaban J connectivity index is 2.09. The Morgan fingerprint density at radius 1 is 0.923 bits per heavy atom. The molecule has 2 rings (SSSR count). The minimum atomic E-state index is -0.163. The first-order valence-corrected chi connectivity index (χ1v) is 14.0. The van der Waals surface area contributed by atoms with Crippen molar-refractivity contribution in [2.24, 2.45) is 0 Å². The fraction of sp³-hybridized carbons (Fsp3) is 0.297. The number of allylic oxidation sites excluding steroid dienone is 9. The number of aryl methyl sites for hydroxylation is 2. The Kier molecular flexibility index (Phi) is 13.2. The second-order valence-corrected chi connectivity index (χ2v) is 10.4. The molecule has 0 heterocycles. The molecule has 1 unspecified atom stereocenters. The third kappa shape index (κ3) is 10.9. The van der Waals surface area contributed by atoms with Crippen LogP contribution in [0.3, 0.4) is 0 Å². The minimum Gasteiger partial charge on any atom is -0.360 e. The summed E-state index contributed by atoms with van der Waals surface area (Å²) in [6.45, 7) is 24.8. The number of hydrogen-bond donors (Lipinski definition) is 1. The number of benzene rings is 2. The average Bonchev–Trinajstić information content (AvgIpc) is 2.90. The van der Waals surface area contributed by atoms with Gasteiger partial charge in [0.05, 0.1) is 0 Å². The summed E-state index contributed by atoms with van der Waals surface area (Å²) in [6, 6.07) is 13.9. The van der Waals surface area contributed by atoms with Crippen LogP contribution in [0.5, 0.6) is 0 Å². The molecule has 0 aromatic heterocycles. The Labute approximate surface area is 237 Å². The van der Waals surface area contributed by atoms with Gasteiger partial charge in [-0.2, -0.15) is 0 Å². The number of nitrogens with one attached hydrogen (secondary N) is 1. The van der Waals surface area contributed by atoms with E-state index < -0.39 is 0 Å². The van der Waals surface area contributed by atoms with Gasteiger partial charge in [-0.3, -0.25) is 0 Å². The van der Waals surface area contributed by atoms with Crippen molar-refractivity contribution >= 4 is 5.57 Å². The number of rotatable bonds is 16. The van der Waals surface area contributed by atoms with Crippen molar-refractivity contribution in [1.29, 1.82) is 0 Å². The van der Waals surface area contributed by atoms with Gasteiger partial charge in [-0.25, -0.2) is 4.39 Å². The molecule has 2 heteroatoms. The van der Waals surface area contributed by atoms with Crippen molar-refractivity contribution in [3.05, 3.63) is 150 Å². The maximum Gasteiger partial charge on any atom is 0.127 e. The zero-order valence-corrected chi connectivity index (χ0v) is 24.5. The molecule has 2 aromatic rings. The van der Waals surface area contributed by atoms with Crippen LogP contribution in [-0.4, -0.2) is 0 Å². The maximum absolute atomic E-state index is 15.2. The Hall–Kier alpha value is -3.65. The molecule has 2 aromatic carbocycles. The summed E-state index contributed by atoms with van der Waals surface area (Å²) in [5.74, 6) is -0.124. The van der Waals surface area contributed by atoms with E-state index in [4.69, 9.17) is 0 Å². The molecular weight excluding hydrogens is 477 g/mol. The summed E-state index contributed by atoms with van der Waals surface area (Å²) in [5.41, 5.74) is 8.90. The van der Waals surface area contributed by atoms with Crippen LogP contribution in [0.2, 0.25) is 0 Å². The van der Waals surface area contributed by atoms with E-state index >= 15 is 4.39 Å². The van der Waals surface area contributed by atoms with Crippen molar-refractivity contribution in [3.8, 4) is 0 Å². The highest BCUT2D eigenvalue weighted by Crippen LogP contribution is 2.35. The lowest BCUT2D eigenvalue weighted by Gasteiger charge is -2.23. The van der Waals surface area contributed by atoms with Crippen molar-refractivity contribution in [2.45, 2.75) is 72.1 Å². The van der Waals surface area contributed by atoms with E-state index in [1.54, 1.807) is 12.1 Å². The van der Waals surface area contributed by atoms with Gasteiger partial charge in [-0.05, 0) is 93.2 Å². The molecule has 39 heavy (non-hydrogen) atoms. The molecule has 0 radical (unpaired) electrons. The molecule has 0 spiro atoms. The second kappa shape index (κ2) is 16.3. The van der Waals surface area contributed by atoms with Gasteiger partial charge in [0.15, 0.2) is 0 Å². The van der Waals surface area contributed by atoms with E-state index in [2.05, 4.69) is 88.0 Å². The zero-order valence-electron chi connectivity index (χ0n) is 24.5. The van der Waals surface area contributed by atoms with Crippen LogP contribution in [0.25, 0.3) is 5.57 Å². The molecule has 0 fully saturated rings. The predicted molar refractivity (Wildman–Crippen MR) is 170 cm³/mol. The lowest BCUT2D eigenvalue weighted by atomic mass is 9.83. The quantitative estimate of drug-likeness (QED) is 0.216. The molecule has 0 saturated heterocycles. The monoisotopic (exact) mass is 523 g/mol. The highest BCUT2D eigenvalue weighted by atomic mass is 19.1. The first kappa shape index (κ1) is 31.6. The van der Waals surface area contributed by atoms with Gasteiger partial charge in [-0.1, -0.05) is 117 Å². The normalized spacial score (nSPS) is 12.6. The fourth-order valence-electron chi connectivity index (χ4n) is 4.60. The Morgan fingerprint density at radius 2 is 1.62 bits per heavy atom. The van der Waals surface area contributed by atoms with Crippen LogP contribution in [-0.2, 0) is 6.42 Å². The first-order chi connectivity index (χ1) is 18.6. The molecule has 0 saturated carbocycles. The molecule has 0 bridgehead atoms. The van der Waals surface area contributed by atoms with E-state index in [0.717, 1.165) is 71.3 Å². The van der Waals surface area contributed by atoms with Crippen molar-refractivity contribution in [2.75, 3.05) is 0 Å². The summed E-state index contributed by atoms with van der Waals surface area (Å²) in [6.07, 6.45) is 15.5. The number of halogens is 1. The zero-order chi connectivity index (χ0) is 28.8. The molecular formula is C37H46FN. The fourth-order valence-corrected chi connectivity index (χ4v) is 4.60. The summed E-state index contributed by atoms with van der Waals surface area (Å²) >= 11 is 0. The molecule has 0 aliphatic carbocycles. The molecule has 1 N–H and O–H groups in total. The van der Waals surface area contributed by atoms with Crippen LogP contribution in [0, 0.1) is 12.7 Å². The smallest absolute Gasteiger partial charge is 0.127 e. The van der Waals surface area contributed by atoms with Gasteiger partial charge in [0.1, 0.15) is 5.82 Å². The highest BCUT2D eigenvalue weighted by molar-refractivity contribution is 5.65. The molecule has 206 valence electrons. The predicted octanol–water partition coefficient (Wildman–Crippen LogP) is 10.7. The third-order valence-corrected chi connectivity index (χ3v) is 6.85. The van der Waals surface area contributed by atoms with Gasteiger partial charge >= 0.3 is 0 Å². The standard InChI is InChI=1S/C37H46FN/c1-9-12-28(5)15-20-32(10-2)23-18-30(7)39-31(8)19-25-34(26-24-33-21-16-29(6)17-22-33)37-35(27(3)4)13-11-14-36(37)38/h10-11,13-18,20-23,34,39H,3,5,7-9,12,19,24-26H2,1-2,4,6H3/b20-15+,23-18-,32-10-. The minimum absolute atomic E-state index is 0.0394. The molecule has 0 amide bonds. The van der Waals surface area contributed by atoms with E-state index in [0.29, 0.717) is 6.42 Å². The van der Waals surface area contributed by atoms with Gasteiger partial charge in [0, 0.05) is 11.4 Å². The van der Waals surface area contributed by atoms with Crippen LogP contribution in [0.1, 0.15) is 81.0 Å². The van der Waals surface area contributed by atoms with Gasteiger partial charge in [0.2, 0.25) is 0 Å². The van der Waals surface area contributed by atoms with Crippen LogP contribution >= 0.6 is 0 Å². The summed E-state index contributed by atoms with van der Waals surface area (Å²) in [4.78, 5) is 0. The third-order valence-electron chi connectivity index (χ3n) is 6.85. The van der Waals surface area contributed by atoms with Crippen molar-refractivity contribution in [3.63, 3.8) is 0 Å². The van der Waals surface area contributed by atoms with E-state index in [-0.39, 0.29) is 11.7 Å².